The molecular formula is C16H12BrFO3. The minimum Gasteiger partial charge on any atom is -0.486 e. The van der Waals surface area contributed by atoms with E-state index in [0.29, 0.717) is 45.9 Å². The number of carbonyl (C=O) groups excluding carboxylic acids is 1. The average molecular weight is 351 g/mol. The Morgan fingerprint density at radius 1 is 1.14 bits per heavy atom. The normalized spacial score (nSPS) is 13.1. The zero-order valence-corrected chi connectivity index (χ0v) is 12.9. The molecule has 21 heavy (non-hydrogen) atoms. The van der Waals surface area contributed by atoms with Crippen LogP contribution in [0, 0.1) is 12.7 Å². The predicted octanol–water partition coefficient (Wildman–Crippen LogP) is 3.90. The largest absolute Gasteiger partial charge is 0.486 e. The number of halogens is 2. The van der Waals surface area contributed by atoms with Gasteiger partial charge in [0.05, 0.1) is 0 Å². The van der Waals surface area contributed by atoms with Crippen LogP contribution in [0.15, 0.2) is 34.8 Å². The second-order valence-electron chi connectivity index (χ2n) is 4.77. The highest BCUT2D eigenvalue weighted by Crippen LogP contribution is 2.36. The molecule has 0 aromatic heterocycles. The van der Waals surface area contributed by atoms with Crippen molar-refractivity contribution in [2.24, 2.45) is 0 Å². The van der Waals surface area contributed by atoms with Crippen molar-refractivity contribution in [3.05, 3.63) is 57.3 Å². The van der Waals surface area contributed by atoms with Crippen molar-refractivity contribution in [3.63, 3.8) is 0 Å². The highest BCUT2D eigenvalue weighted by molar-refractivity contribution is 9.10. The van der Waals surface area contributed by atoms with Gasteiger partial charge in [-0.3, -0.25) is 4.79 Å². The standard InChI is InChI=1S/C16H12BrFO3/c1-9-2-3-10(6-13(9)18)16(19)11-7-14-15(8-12(11)17)21-5-4-20-14/h2-3,6-8H,4-5H2,1H3. The summed E-state index contributed by atoms with van der Waals surface area (Å²) in [7, 11) is 0. The molecule has 0 saturated carbocycles. The third kappa shape index (κ3) is 2.65. The highest BCUT2D eigenvalue weighted by atomic mass is 79.9. The summed E-state index contributed by atoms with van der Waals surface area (Å²) in [5.74, 6) is 0.465. The highest BCUT2D eigenvalue weighted by Gasteiger charge is 2.20. The monoisotopic (exact) mass is 350 g/mol. The Bertz CT molecular complexity index is 728. The van der Waals surface area contributed by atoms with Crippen LogP contribution in [0.5, 0.6) is 11.5 Å². The Morgan fingerprint density at radius 3 is 2.48 bits per heavy atom. The van der Waals surface area contributed by atoms with Gasteiger partial charge in [0.2, 0.25) is 0 Å². The molecule has 3 rings (SSSR count). The van der Waals surface area contributed by atoms with Crippen LogP contribution >= 0.6 is 15.9 Å². The van der Waals surface area contributed by atoms with Crippen molar-refractivity contribution in [2.75, 3.05) is 13.2 Å². The molecule has 1 heterocycles. The zero-order valence-electron chi connectivity index (χ0n) is 11.3. The molecule has 0 amide bonds. The van der Waals surface area contributed by atoms with Gasteiger partial charge in [0.1, 0.15) is 19.0 Å². The van der Waals surface area contributed by atoms with Crippen molar-refractivity contribution in [2.45, 2.75) is 6.92 Å². The fourth-order valence-electron chi connectivity index (χ4n) is 2.13. The summed E-state index contributed by atoms with van der Waals surface area (Å²) in [5, 5.41) is 0. The van der Waals surface area contributed by atoms with Crippen molar-refractivity contribution in [1.82, 2.24) is 0 Å². The van der Waals surface area contributed by atoms with Gasteiger partial charge in [-0.15, -0.1) is 0 Å². The number of ketones is 1. The number of ether oxygens (including phenoxy) is 2. The van der Waals surface area contributed by atoms with Crippen LogP contribution in [0.3, 0.4) is 0 Å². The molecule has 0 fully saturated rings. The first-order valence-corrected chi connectivity index (χ1v) is 7.25. The maximum Gasteiger partial charge on any atom is 0.194 e. The lowest BCUT2D eigenvalue weighted by Crippen LogP contribution is -2.16. The molecule has 1 aliphatic heterocycles. The average Bonchev–Trinajstić information content (AvgIpc) is 2.48. The molecule has 108 valence electrons. The number of hydrogen-bond acceptors (Lipinski definition) is 3. The molecular weight excluding hydrogens is 339 g/mol. The lowest BCUT2D eigenvalue weighted by atomic mass is 10.0. The molecule has 1 aliphatic rings. The van der Waals surface area contributed by atoms with E-state index in [1.807, 2.05) is 0 Å². The number of aryl methyl sites for hydroxylation is 1. The van der Waals surface area contributed by atoms with Crippen molar-refractivity contribution >= 4 is 21.7 Å². The molecule has 5 heteroatoms. The van der Waals surface area contributed by atoms with E-state index in [9.17, 15) is 9.18 Å². The van der Waals surface area contributed by atoms with Crippen LogP contribution in [0.1, 0.15) is 21.5 Å². The third-order valence-corrected chi connectivity index (χ3v) is 3.97. The molecule has 0 N–H and O–H groups in total. The van der Waals surface area contributed by atoms with E-state index in [-0.39, 0.29) is 5.78 Å². The summed E-state index contributed by atoms with van der Waals surface area (Å²) in [4.78, 5) is 12.5. The van der Waals surface area contributed by atoms with Gasteiger partial charge in [-0.1, -0.05) is 12.1 Å². The number of benzene rings is 2. The van der Waals surface area contributed by atoms with Gasteiger partial charge >= 0.3 is 0 Å². The lowest BCUT2D eigenvalue weighted by molar-refractivity contribution is 0.103. The van der Waals surface area contributed by atoms with E-state index in [1.165, 1.54) is 6.07 Å². The van der Waals surface area contributed by atoms with Crippen LogP contribution in [0.25, 0.3) is 0 Å². The van der Waals surface area contributed by atoms with Gasteiger partial charge in [0, 0.05) is 15.6 Å². The Morgan fingerprint density at radius 2 is 1.81 bits per heavy atom. The minimum absolute atomic E-state index is 0.266. The van der Waals surface area contributed by atoms with Gasteiger partial charge in [0.15, 0.2) is 17.3 Å². The van der Waals surface area contributed by atoms with Crippen LogP contribution in [-0.4, -0.2) is 19.0 Å². The van der Waals surface area contributed by atoms with Crippen molar-refractivity contribution < 1.29 is 18.7 Å². The summed E-state index contributed by atoms with van der Waals surface area (Å²) >= 11 is 3.36. The van der Waals surface area contributed by atoms with Crippen LogP contribution in [0.2, 0.25) is 0 Å². The first-order valence-electron chi connectivity index (χ1n) is 6.46. The Balaban J connectivity index is 2.03. The maximum atomic E-state index is 13.6. The Kier molecular flexibility index (Phi) is 3.68. The molecule has 0 saturated heterocycles. The van der Waals surface area contributed by atoms with Crippen molar-refractivity contribution in [1.29, 1.82) is 0 Å². The van der Waals surface area contributed by atoms with Gasteiger partial charge in [0.25, 0.3) is 0 Å². The molecule has 0 bridgehead atoms. The first-order chi connectivity index (χ1) is 10.1. The molecule has 2 aromatic carbocycles. The van der Waals surface area contributed by atoms with Gasteiger partial charge in [-0.25, -0.2) is 4.39 Å². The second kappa shape index (κ2) is 5.48. The predicted molar refractivity (Wildman–Crippen MR) is 79.7 cm³/mol. The smallest absolute Gasteiger partial charge is 0.194 e. The van der Waals surface area contributed by atoms with E-state index in [0.717, 1.165) is 0 Å². The van der Waals surface area contributed by atoms with E-state index in [4.69, 9.17) is 9.47 Å². The summed E-state index contributed by atoms with van der Waals surface area (Å²) in [6.45, 7) is 2.58. The van der Waals surface area contributed by atoms with E-state index in [1.54, 1.807) is 31.2 Å². The van der Waals surface area contributed by atoms with Crippen LogP contribution in [-0.2, 0) is 0 Å². The number of hydrogen-bond donors (Lipinski definition) is 0. The number of carbonyl (C=O) groups is 1. The number of fused-ring (bicyclic) bond motifs is 1. The SMILES string of the molecule is Cc1ccc(C(=O)c2cc3c(cc2Br)OCCO3)cc1F. The van der Waals surface area contributed by atoms with Crippen LogP contribution < -0.4 is 9.47 Å². The van der Waals surface area contributed by atoms with E-state index in [2.05, 4.69) is 15.9 Å². The molecule has 0 aliphatic carbocycles. The van der Waals surface area contributed by atoms with Crippen molar-refractivity contribution in [3.8, 4) is 11.5 Å². The van der Waals surface area contributed by atoms with Gasteiger partial charge in [-0.05, 0) is 46.6 Å². The maximum absolute atomic E-state index is 13.6. The fourth-order valence-corrected chi connectivity index (χ4v) is 2.63. The first kappa shape index (κ1) is 14.1. The van der Waals surface area contributed by atoms with Gasteiger partial charge in [-0.2, -0.15) is 0 Å². The van der Waals surface area contributed by atoms with E-state index < -0.39 is 5.82 Å². The molecule has 3 nitrogen and oxygen atoms in total. The summed E-state index contributed by atoms with van der Waals surface area (Å²) in [6, 6.07) is 7.78. The zero-order chi connectivity index (χ0) is 15.0. The number of rotatable bonds is 2. The summed E-state index contributed by atoms with van der Waals surface area (Å²) < 4.78 is 25.1. The van der Waals surface area contributed by atoms with Gasteiger partial charge < -0.3 is 9.47 Å². The molecule has 2 aromatic rings. The topological polar surface area (TPSA) is 35.5 Å². The summed E-state index contributed by atoms with van der Waals surface area (Å²) in [5.41, 5.74) is 1.23. The van der Waals surface area contributed by atoms with E-state index >= 15 is 0 Å². The molecule has 0 spiro atoms. The lowest BCUT2D eigenvalue weighted by Gasteiger charge is -2.19. The molecule has 0 radical (unpaired) electrons. The Labute approximate surface area is 129 Å². The quantitative estimate of drug-likeness (QED) is 0.770. The third-order valence-electron chi connectivity index (χ3n) is 3.31. The molecule has 0 unspecified atom stereocenters. The Hall–Kier alpha value is -1.88. The minimum atomic E-state index is -0.394. The van der Waals surface area contributed by atoms with Crippen LogP contribution in [0.4, 0.5) is 4.39 Å². The second-order valence-corrected chi connectivity index (χ2v) is 5.62. The fraction of sp³-hybridized carbons (Fsp3) is 0.188. The molecule has 0 atom stereocenters. The summed E-state index contributed by atoms with van der Waals surface area (Å²) in [6.07, 6.45) is 0.